The molecule has 0 atom stereocenters. The Bertz CT molecular complexity index is 1050. The van der Waals surface area contributed by atoms with Crippen molar-refractivity contribution < 1.29 is 4.74 Å². The summed E-state index contributed by atoms with van der Waals surface area (Å²) in [6.07, 6.45) is 0. The summed E-state index contributed by atoms with van der Waals surface area (Å²) in [5, 5.41) is 13.2. The van der Waals surface area contributed by atoms with Gasteiger partial charge >= 0.3 is 0 Å². The molecule has 3 aromatic carbocycles. The molecule has 0 aliphatic carbocycles. The summed E-state index contributed by atoms with van der Waals surface area (Å²) < 4.78 is 7.91. The van der Waals surface area contributed by atoms with Gasteiger partial charge < -0.3 is 10.1 Å². The summed E-state index contributed by atoms with van der Waals surface area (Å²) in [6, 6.07) is 28.4. The number of aromatic nitrogens is 3. The smallest absolute Gasteiger partial charge is 0.196 e. The van der Waals surface area contributed by atoms with E-state index in [-0.39, 0.29) is 0 Å². The van der Waals surface area contributed by atoms with Gasteiger partial charge in [-0.05, 0) is 43.3 Å². The number of hydrogen-bond acceptors (Lipinski definition) is 5. The number of aryl methyl sites for hydroxylation is 1. The molecule has 6 heteroatoms. The SMILES string of the molecule is Cc1ccc(NCc2nnc(SCCOc3ccccc3)n2-c2ccccc2)cc1. The lowest BCUT2D eigenvalue weighted by atomic mass is 10.2. The predicted molar refractivity (Wildman–Crippen MR) is 123 cm³/mol. The van der Waals surface area contributed by atoms with E-state index in [0.717, 1.165) is 33.9 Å². The second-order valence-corrected chi connectivity index (χ2v) is 7.86. The van der Waals surface area contributed by atoms with Crippen molar-refractivity contribution in [1.29, 1.82) is 0 Å². The molecule has 0 amide bonds. The van der Waals surface area contributed by atoms with Crippen LogP contribution in [0.2, 0.25) is 0 Å². The van der Waals surface area contributed by atoms with Gasteiger partial charge in [-0.3, -0.25) is 4.57 Å². The molecule has 1 heterocycles. The summed E-state index contributed by atoms with van der Waals surface area (Å²) in [4.78, 5) is 0. The first kappa shape index (κ1) is 20.0. The normalized spacial score (nSPS) is 10.7. The number of rotatable bonds is 9. The van der Waals surface area contributed by atoms with Gasteiger partial charge in [-0.1, -0.05) is 65.9 Å². The van der Waals surface area contributed by atoms with Crippen LogP contribution in [-0.2, 0) is 6.54 Å². The maximum absolute atomic E-state index is 5.80. The van der Waals surface area contributed by atoms with Crippen molar-refractivity contribution in [1.82, 2.24) is 14.8 Å². The minimum Gasteiger partial charge on any atom is -0.493 e. The summed E-state index contributed by atoms with van der Waals surface area (Å²) in [5.41, 5.74) is 3.35. The first-order valence-corrected chi connectivity index (χ1v) is 10.9. The molecule has 0 bridgehead atoms. The number of nitrogens with one attached hydrogen (secondary N) is 1. The zero-order chi connectivity index (χ0) is 20.6. The zero-order valence-corrected chi connectivity index (χ0v) is 17.7. The zero-order valence-electron chi connectivity index (χ0n) is 16.9. The van der Waals surface area contributed by atoms with E-state index < -0.39 is 0 Å². The molecule has 0 aliphatic heterocycles. The number of hydrogen-bond donors (Lipinski definition) is 1. The van der Waals surface area contributed by atoms with E-state index in [9.17, 15) is 0 Å². The Kier molecular flexibility index (Phi) is 6.67. The fourth-order valence-corrected chi connectivity index (χ4v) is 3.79. The minimum atomic E-state index is 0.589. The summed E-state index contributed by atoms with van der Waals surface area (Å²) in [5.74, 6) is 2.53. The number of thioether (sulfide) groups is 1. The second kappa shape index (κ2) is 9.98. The van der Waals surface area contributed by atoms with Crippen LogP contribution >= 0.6 is 11.8 Å². The average Bonchev–Trinajstić information content (AvgIpc) is 3.20. The van der Waals surface area contributed by atoms with Gasteiger partial charge in [0.1, 0.15) is 5.75 Å². The number of nitrogens with zero attached hydrogens (tertiary/aromatic N) is 3. The van der Waals surface area contributed by atoms with E-state index >= 15 is 0 Å². The third-order valence-electron chi connectivity index (χ3n) is 4.54. The fourth-order valence-electron chi connectivity index (χ4n) is 3.01. The van der Waals surface area contributed by atoms with Crippen LogP contribution in [0.5, 0.6) is 5.75 Å². The monoisotopic (exact) mass is 416 g/mol. The van der Waals surface area contributed by atoms with Crippen LogP contribution in [0.4, 0.5) is 5.69 Å². The minimum absolute atomic E-state index is 0.589. The lowest BCUT2D eigenvalue weighted by Gasteiger charge is -2.12. The molecular formula is C24H24N4OS. The fraction of sp³-hybridized carbons (Fsp3) is 0.167. The van der Waals surface area contributed by atoms with Gasteiger partial charge in [-0.15, -0.1) is 10.2 Å². The van der Waals surface area contributed by atoms with Gasteiger partial charge in [0.2, 0.25) is 0 Å². The molecule has 0 saturated carbocycles. The van der Waals surface area contributed by atoms with Crippen molar-refractivity contribution in [3.63, 3.8) is 0 Å². The molecule has 0 spiro atoms. The van der Waals surface area contributed by atoms with E-state index in [0.29, 0.717) is 13.2 Å². The lowest BCUT2D eigenvalue weighted by molar-refractivity contribution is 0.344. The Labute approximate surface area is 181 Å². The molecule has 5 nitrogen and oxygen atoms in total. The Hall–Kier alpha value is -3.25. The molecule has 4 rings (SSSR count). The van der Waals surface area contributed by atoms with Crippen molar-refractivity contribution in [2.24, 2.45) is 0 Å². The molecule has 4 aromatic rings. The maximum atomic E-state index is 5.80. The molecule has 152 valence electrons. The number of benzene rings is 3. The van der Waals surface area contributed by atoms with Crippen LogP contribution < -0.4 is 10.1 Å². The molecular weight excluding hydrogens is 392 g/mol. The average molecular weight is 417 g/mol. The van der Waals surface area contributed by atoms with Gasteiger partial charge in [-0.2, -0.15) is 0 Å². The van der Waals surface area contributed by atoms with Crippen molar-refractivity contribution in [2.45, 2.75) is 18.6 Å². The van der Waals surface area contributed by atoms with Gasteiger partial charge in [0.15, 0.2) is 11.0 Å². The van der Waals surface area contributed by atoms with Gasteiger partial charge in [-0.25, -0.2) is 0 Å². The summed E-state index contributed by atoms with van der Waals surface area (Å²) >= 11 is 1.64. The van der Waals surface area contributed by atoms with Gasteiger partial charge in [0.05, 0.1) is 13.2 Å². The second-order valence-electron chi connectivity index (χ2n) is 6.80. The Balaban J connectivity index is 1.45. The van der Waals surface area contributed by atoms with Crippen molar-refractivity contribution in [3.8, 4) is 11.4 Å². The standard InChI is InChI=1S/C24H24N4OS/c1-19-12-14-20(15-13-19)25-18-23-26-27-24(28(23)21-8-4-2-5-9-21)30-17-16-29-22-10-6-3-7-11-22/h2-15,25H,16-18H2,1H3. The molecule has 0 radical (unpaired) electrons. The topological polar surface area (TPSA) is 52.0 Å². The van der Waals surface area contributed by atoms with Crippen LogP contribution in [0.1, 0.15) is 11.4 Å². The van der Waals surface area contributed by atoms with E-state index in [1.165, 1.54) is 5.56 Å². The van der Waals surface area contributed by atoms with Crippen LogP contribution in [0.25, 0.3) is 5.69 Å². The lowest BCUT2D eigenvalue weighted by Crippen LogP contribution is -2.09. The maximum Gasteiger partial charge on any atom is 0.196 e. The van der Waals surface area contributed by atoms with Crippen LogP contribution in [0.3, 0.4) is 0 Å². The highest BCUT2D eigenvalue weighted by molar-refractivity contribution is 7.99. The first-order valence-electron chi connectivity index (χ1n) is 9.90. The van der Waals surface area contributed by atoms with Gasteiger partial charge in [0.25, 0.3) is 0 Å². The van der Waals surface area contributed by atoms with Crippen LogP contribution in [-0.4, -0.2) is 27.1 Å². The Morgan fingerprint density at radius 1 is 0.867 bits per heavy atom. The molecule has 0 saturated heterocycles. The molecule has 0 aliphatic rings. The Morgan fingerprint density at radius 3 is 2.30 bits per heavy atom. The third-order valence-corrected chi connectivity index (χ3v) is 5.44. The molecule has 1 aromatic heterocycles. The molecule has 0 fully saturated rings. The highest BCUT2D eigenvalue weighted by Crippen LogP contribution is 2.23. The van der Waals surface area contributed by atoms with Crippen LogP contribution in [0.15, 0.2) is 90.1 Å². The predicted octanol–water partition coefficient (Wildman–Crippen LogP) is 5.36. The highest BCUT2D eigenvalue weighted by atomic mass is 32.2. The van der Waals surface area contributed by atoms with Crippen LogP contribution in [0, 0.1) is 6.92 Å². The number of anilines is 1. The molecule has 30 heavy (non-hydrogen) atoms. The third kappa shape index (κ3) is 5.21. The van der Waals surface area contributed by atoms with Crippen molar-refractivity contribution in [2.75, 3.05) is 17.7 Å². The largest absolute Gasteiger partial charge is 0.493 e. The van der Waals surface area contributed by atoms with Crippen molar-refractivity contribution in [3.05, 3.63) is 96.3 Å². The summed E-state index contributed by atoms with van der Waals surface area (Å²) in [7, 11) is 0. The van der Waals surface area contributed by atoms with Gasteiger partial charge in [0, 0.05) is 17.1 Å². The molecule has 0 unspecified atom stereocenters. The Morgan fingerprint density at radius 2 is 1.57 bits per heavy atom. The van der Waals surface area contributed by atoms with E-state index in [1.807, 2.05) is 48.5 Å². The first-order chi connectivity index (χ1) is 14.8. The molecule has 1 N–H and O–H groups in total. The van der Waals surface area contributed by atoms with E-state index in [4.69, 9.17) is 4.74 Å². The number of ether oxygens (including phenoxy) is 1. The van der Waals surface area contributed by atoms with Crippen molar-refractivity contribution >= 4 is 17.4 Å². The quantitative estimate of drug-likeness (QED) is 0.294. The summed E-state index contributed by atoms with van der Waals surface area (Å²) in [6.45, 7) is 3.28. The van der Waals surface area contributed by atoms with E-state index in [1.54, 1.807) is 11.8 Å². The highest BCUT2D eigenvalue weighted by Gasteiger charge is 2.14. The van der Waals surface area contributed by atoms with E-state index in [2.05, 4.69) is 63.4 Å². The number of para-hydroxylation sites is 2.